The summed E-state index contributed by atoms with van der Waals surface area (Å²) in [6.45, 7) is 10.6. The molecule has 30 heavy (non-hydrogen) atoms. The number of carbonyl (C=O) groups excluding carboxylic acids is 1. The van der Waals surface area contributed by atoms with Crippen LogP contribution in [0.25, 0.3) is 0 Å². The van der Waals surface area contributed by atoms with E-state index in [0.717, 1.165) is 32.1 Å². The summed E-state index contributed by atoms with van der Waals surface area (Å²) in [5.41, 5.74) is -0.679. The first kappa shape index (κ1) is 22.4. The van der Waals surface area contributed by atoms with Gasteiger partial charge in [0, 0.05) is 13.2 Å². The molecule has 0 aliphatic heterocycles. The highest BCUT2D eigenvalue weighted by Crippen LogP contribution is 2.66. The fraction of sp³-hybridized carbons (Fsp3) is 0.880. The van der Waals surface area contributed by atoms with E-state index in [4.69, 9.17) is 18.9 Å². The SMILES string of the molecule is CCOCOC1CC[C@@]2(C)C(CC[C@@H]3[C@H]2CC[C@]2(C)C(=O)C=C[C@@]32OCOCC)C1. The van der Waals surface area contributed by atoms with E-state index in [2.05, 4.69) is 19.9 Å². The van der Waals surface area contributed by atoms with Gasteiger partial charge in [0.15, 0.2) is 5.78 Å². The largest absolute Gasteiger partial charge is 0.356 e. The van der Waals surface area contributed by atoms with Crippen LogP contribution in [0.2, 0.25) is 0 Å². The molecule has 5 heteroatoms. The lowest BCUT2D eigenvalue weighted by molar-refractivity contribution is -0.237. The van der Waals surface area contributed by atoms with Crippen LogP contribution >= 0.6 is 0 Å². The highest BCUT2D eigenvalue weighted by atomic mass is 16.7. The topological polar surface area (TPSA) is 54.0 Å². The Morgan fingerprint density at radius 1 is 0.967 bits per heavy atom. The highest BCUT2D eigenvalue weighted by molar-refractivity contribution is 5.99. The third kappa shape index (κ3) is 3.41. The predicted octanol–water partition coefficient (Wildman–Crippen LogP) is 4.89. The van der Waals surface area contributed by atoms with Crippen molar-refractivity contribution in [2.75, 3.05) is 26.8 Å². The summed E-state index contributed by atoms with van der Waals surface area (Å²) in [5.74, 6) is 1.86. The minimum absolute atomic E-state index is 0.234. The van der Waals surface area contributed by atoms with E-state index in [9.17, 15) is 4.79 Å². The minimum atomic E-state index is -0.515. The maximum atomic E-state index is 12.9. The minimum Gasteiger partial charge on any atom is -0.356 e. The second-order valence-corrected chi connectivity index (χ2v) is 10.3. The second kappa shape index (κ2) is 8.65. The van der Waals surface area contributed by atoms with Gasteiger partial charge in [0.2, 0.25) is 0 Å². The van der Waals surface area contributed by atoms with Gasteiger partial charge in [-0.2, -0.15) is 0 Å². The summed E-state index contributed by atoms with van der Waals surface area (Å²) in [5, 5.41) is 0. The van der Waals surface area contributed by atoms with Crippen molar-refractivity contribution < 1.29 is 23.7 Å². The van der Waals surface area contributed by atoms with E-state index >= 15 is 0 Å². The van der Waals surface area contributed by atoms with Crippen molar-refractivity contribution in [3.63, 3.8) is 0 Å². The van der Waals surface area contributed by atoms with Gasteiger partial charge in [-0.15, -0.1) is 0 Å². The number of ketones is 1. The number of rotatable bonds is 8. The van der Waals surface area contributed by atoms with Crippen molar-refractivity contribution >= 4 is 5.78 Å². The molecular weight excluding hydrogens is 380 g/mol. The van der Waals surface area contributed by atoms with Gasteiger partial charge in [0.25, 0.3) is 0 Å². The molecular formula is C25H40O5. The number of ether oxygens (including phenoxy) is 4. The molecule has 0 heterocycles. The normalized spacial score (nSPS) is 45.1. The average Bonchev–Trinajstić information content (AvgIpc) is 3.00. The third-order valence-electron chi connectivity index (χ3n) is 9.22. The van der Waals surface area contributed by atoms with E-state index in [1.807, 2.05) is 13.8 Å². The number of hydrogen-bond acceptors (Lipinski definition) is 5. The molecule has 0 aromatic heterocycles. The van der Waals surface area contributed by atoms with Gasteiger partial charge >= 0.3 is 0 Å². The van der Waals surface area contributed by atoms with E-state index in [1.165, 1.54) is 12.8 Å². The summed E-state index contributed by atoms with van der Waals surface area (Å²) in [6.07, 6.45) is 11.9. The number of carbonyl (C=O) groups is 1. The van der Waals surface area contributed by atoms with Crippen molar-refractivity contribution in [1.29, 1.82) is 0 Å². The van der Waals surface area contributed by atoms with Gasteiger partial charge in [-0.1, -0.05) is 6.92 Å². The van der Waals surface area contributed by atoms with E-state index in [1.54, 1.807) is 6.08 Å². The van der Waals surface area contributed by atoms with E-state index < -0.39 is 11.0 Å². The quantitative estimate of drug-likeness (QED) is 0.413. The lowest BCUT2D eigenvalue weighted by atomic mass is 9.44. The zero-order valence-corrected chi connectivity index (χ0v) is 19.3. The van der Waals surface area contributed by atoms with Crippen molar-refractivity contribution in [2.24, 2.45) is 28.6 Å². The van der Waals surface area contributed by atoms with Gasteiger partial charge in [-0.05, 0) is 101 Å². The van der Waals surface area contributed by atoms with Crippen LogP contribution in [0.5, 0.6) is 0 Å². The smallest absolute Gasteiger partial charge is 0.164 e. The molecule has 0 spiro atoms. The van der Waals surface area contributed by atoms with Crippen molar-refractivity contribution in [1.82, 2.24) is 0 Å². The van der Waals surface area contributed by atoms with Crippen molar-refractivity contribution in [3.8, 4) is 0 Å². The number of allylic oxidation sites excluding steroid dienone is 1. The molecule has 4 rings (SSSR count). The molecule has 0 amide bonds. The van der Waals surface area contributed by atoms with Crippen LogP contribution < -0.4 is 0 Å². The fourth-order valence-corrected chi connectivity index (χ4v) is 7.37. The molecule has 0 aromatic carbocycles. The van der Waals surface area contributed by atoms with Crippen molar-refractivity contribution in [3.05, 3.63) is 12.2 Å². The van der Waals surface area contributed by atoms with Crippen LogP contribution in [0.3, 0.4) is 0 Å². The maximum Gasteiger partial charge on any atom is 0.164 e. The van der Waals surface area contributed by atoms with E-state index in [-0.39, 0.29) is 18.0 Å². The average molecular weight is 421 g/mol. The molecule has 0 radical (unpaired) electrons. The highest BCUT2D eigenvalue weighted by Gasteiger charge is 2.67. The lowest BCUT2D eigenvalue weighted by Crippen LogP contribution is -2.63. The van der Waals surface area contributed by atoms with Gasteiger partial charge in [0.1, 0.15) is 19.2 Å². The molecule has 0 aromatic rings. The molecule has 0 N–H and O–H groups in total. The van der Waals surface area contributed by atoms with Gasteiger partial charge in [-0.3, -0.25) is 4.79 Å². The van der Waals surface area contributed by atoms with Gasteiger partial charge < -0.3 is 18.9 Å². The van der Waals surface area contributed by atoms with Crippen LogP contribution in [0.1, 0.15) is 72.6 Å². The zero-order valence-electron chi connectivity index (χ0n) is 19.3. The van der Waals surface area contributed by atoms with Gasteiger partial charge in [-0.25, -0.2) is 0 Å². The molecule has 4 aliphatic carbocycles. The third-order valence-corrected chi connectivity index (χ3v) is 9.22. The Morgan fingerprint density at radius 3 is 2.50 bits per heavy atom. The monoisotopic (exact) mass is 420 g/mol. The van der Waals surface area contributed by atoms with Crippen LogP contribution in [-0.4, -0.2) is 44.3 Å². The first-order valence-corrected chi connectivity index (χ1v) is 12.1. The van der Waals surface area contributed by atoms with Crippen LogP contribution in [0, 0.1) is 28.6 Å². The lowest BCUT2D eigenvalue weighted by Gasteiger charge is -2.63. The molecule has 3 saturated carbocycles. The standard InChI is InChI=1S/C25H40O5/c1-5-27-16-29-19-9-12-23(3)18(15-19)7-8-21-20(23)10-13-24(4)22(26)11-14-25(21,24)30-17-28-6-2/h11,14,18-21H,5-10,12-13,15-17H2,1-4H3/t18?,19?,20-,21-,23+,24-,25-/m1/s1. The zero-order chi connectivity index (χ0) is 21.4. The maximum absolute atomic E-state index is 12.9. The van der Waals surface area contributed by atoms with Gasteiger partial charge in [0.05, 0.1) is 11.5 Å². The molecule has 3 fully saturated rings. The number of hydrogen-bond donors (Lipinski definition) is 0. The molecule has 2 unspecified atom stereocenters. The van der Waals surface area contributed by atoms with Crippen LogP contribution in [-0.2, 0) is 23.7 Å². The fourth-order valence-electron chi connectivity index (χ4n) is 7.37. The molecule has 170 valence electrons. The van der Waals surface area contributed by atoms with Crippen LogP contribution in [0.4, 0.5) is 0 Å². The molecule has 5 nitrogen and oxygen atoms in total. The Morgan fingerprint density at radius 2 is 1.73 bits per heavy atom. The molecule has 7 atom stereocenters. The van der Waals surface area contributed by atoms with Crippen molar-refractivity contribution in [2.45, 2.75) is 84.3 Å². The predicted molar refractivity (Wildman–Crippen MR) is 115 cm³/mol. The Kier molecular flexibility index (Phi) is 6.47. The summed E-state index contributed by atoms with van der Waals surface area (Å²) in [4.78, 5) is 12.9. The summed E-state index contributed by atoms with van der Waals surface area (Å²) in [6, 6.07) is 0. The summed E-state index contributed by atoms with van der Waals surface area (Å²) >= 11 is 0. The molecule has 0 saturated heterocycles. The van der Waals surface area contributed by atoms with Crippen LogP contribution in [0.15, 0.2) is 12.2 Å². The number of fused-ring (bicyclic) bond motifs is 5. The van der Waals surface area contributed by atoms with E-state index in [0.29, 0.717) is 43.9 Å². The molecule has 4 aliphatic rings. The molecule has 0 bridgehead atoms. The first-order valence-electron chi connectivity index (χ1n) is 12.1. The second-order valence-electron chi connectivity index (χ2n) is 10.3. The summed E-state index contributed by atoms with van der Waals surface area (Å²) < 4.78 is 23.6. The Hall–Kier alpha value is -0.750. The Bertz CT molecular complexity index is 662. The summed E-state index contributed by atoms with van der Waals surface area (Å²) in [7, 11) is 0. The Balaban J connectivity index is 1.55. The first-order chi connectivity index (χ1) is 14.4. The Labute approximate surface area is 181 Å².